The second kappa shape index (κ2) is 7.20. The predicted octanol–water partition coefficient (Wildman–Crippen LogP) is -0.411. The molecule has 0 aliphatic carbocycles. The van der Waals surface area contributed by atoms with Crippen molar-refractivity contribution >= 4 is 16.1 Å². The highest BCUT2D eigenvalue weighted by atomic mass is 32.2. The quantitative estimate of drug-likeness (QED) is 0.396. The zero-order valence-corrected chi connectivity index (χ0v) is 13.4. The Balaban J connectivity index is 2.09. The minimum absolute atomic E-state index is 0.165. The van der Waals surface area contributed by atoms with Crippen molar-refractivity contribution in [1.29, 1.82) is 0 Å². The fraction of sp³-hybridized carbons (Fsp3) is 0.308. The van der Waals surface area contributed by atoms with E-state index in [2.05, 4.69) is 24.0 Å². The summed E-state index contributed by atoms with van der Waals surface area (Å²) in [6, 6.07) is 1.69. The summed E-state index contributed by atoms with van der Waals surface area (Å²) in [4.78, 5) is 19.4. The number of aryl methyl sites for hydroxylation is 1. The van der Waals surface area contributed by atoms with Crippen LogP contribution in [0, 0.1) is 0 Å². The van der Waals surface area contributed by atoms with Crippen molar-refractivity contribution < 1.29 is 26.8 Å². The van der Waals surface area contributed by atoms with Gasteiger partial charge in [0.1, 0.15) is 11.9 Å². The Morgan fingerprint density at radius 3 is 2.43 bits per heavy atom. The molecular weight excluding hydrogens is 324 g/mol. The van der Waals surface area contributed by atoms with Gasteiger partial charge in [0, 0.05) is 24.0 Å². The van der Waals surface area contributed by atoms with Crippen molar-refractivity contribution in [2.75, 3.05) is 20.0 Å². The molecule has 0 aromatic carbocycles. The molecule has 2 aromatic rings. The minimum Gasteiger partial charge on any atom is -0.465 e. The molecule has 9 nitrogen and oxygen atoms in total. The number of methoxy groups -OCH3 is 1. The van der Waals surface area contributed by atoms with Gasteiger partial charge >= 0.3 is 5.97 Å². The lowest BCUT2D eigenvalue weighted by molar-refractivity contribution is -0.750. The molecular formula is C13H15N4O5S+. The first-order valence-corrected chi connectivity index (χ1v) is 8.08. The van der Waals surface area contributed by atoms with Gasteiger partial charge in [0.2, 0.25) is 0 Å². The summed E-state index contributed by atoms with van der Waals surface area (Å²) in [5.41, 5.74) is 0.882. The fourth-order valence-electron chi connectivity index (χ4n) is 1.64. The summed E-state index contributed by atoms with van der Waals surface area (Å²) in [7, 11) is -1.13. The SMILES string of the molecule is COC(=O)c1cnc(-c2cc[n+](CCS(=O)(=O)OC)nc2)nc1. The smallest absolute Gasteiger partial charge is 0.341 e. The van der Waals surface area contributed by atoms with Gasteiger partial charge in [0.25, 0.3) is 10.1 Å². The molecule has 0 radical (unpaired) electrons. The van der Waals surface area contributed by atoms with Crippen LogP contribution in [0.5, 0.6) is 0 Å². The van der Waals surface area contributed by atoms with Crippen LogP contribution in [-0.4, -0.2) is 49.4 Å². The van der Waals surface area contributed by atoms with Crippen LogP contribution in [0.2, 0.25) is 0 Å². The Morgan fingerprint density at radius 1 is 1.22 bits per heavy atom. The maximum absolute atomic E-state index is 11.3. The second-order valence-corrected chi connectivity index (χ2v) is 6.25. The third kappa shape index (κ3) is 4.50. The van der Waals surface area contributed by atoms with E-state index in [9.17, 15) is 13.2 Å². The topological polar surface area (TPSA) is 112 Å². The van der Waals surface area contributed by atoms with E-state index in [0.717, 1.165) is 7.11 Å². The zero-order valence-electron chi connectivity index (χ0n) is 12.5. The highest BCUT2D eigenvalue weighted by molar-refractivity contribution is 7.86. The molecule has 2 aromatic heterocycles. The largest absolute Gasteiger partial charge is 0.465 e. The Morgan fingerprint density at radius 2 is 1.91 bits per heavy atom. The van der Waals surface area contributed by atoms with Crippen LogP contribution in [0.15, 0.2) is 30.9 Å². The molecule has 2 rings (SSSR count). The van der Waals surface area contributed by atoms with Crippen LogP contribution >= 0.6 is 0 Å². The number of rotatable bonds is 6. The molecule has 0 spiro atoms. The summed E-state index contributed by atoms with van der Waals surface area (Å²) in [5, 5.41) is 4.09. The van der Waals surface area contributed by atoms with E-state index in [1.54, 1.807) is 12.3 Å². The lowest BCUT2D eigenvalue weighted by Gasteiger charge is -2.01. The maximum Gasteiger partial charge on any atom is 0.341 e. The summed E-state index contributed by atoms with van der Waals surface area (Å²) < 4.78 is 32.9. The molecule has 0 N–H and O–H groups in total. The molecule has 0 unspecified atom stereocenters. The van der Waals surface area contributed by atoms with Crippen LogP contribution in [-0.2, 0) is 25.6 Å². The van der Waals surface area contributed by atoms with Crippen molar-refractivity contribution in [2.45, 2.75) is 6.54 Å². The molecule has 0 atom stereocenters. The van der Waals surface area contributed by atoms with E-state index in [0.29, 0.717) is 11.4 Å². The average molecular weight is 339 g/mol. The van der Waals surface area contributed by atoms with Crippen LogP contribution < -0.4 is 4.68 Å². The van der Waals surface area contributed by atoms with Gasteiger partial charge < -0.3 is 4.74 Å². The van der Waals surface area contributed by atoms with Gasteiger partial charge in [-0.25, -0.2) is 14.8 Å². The first-order chi connectivity index (χ1) is 10.9. The molecule has 23 heavy (non-hydrogen) atoms. The summed E-state index contributed by atoms with van der Waals surface area (Å²) >= 11 is 0. The Labute approximate surface area is 133 Å². The van der Waals surface area contributed by atoms with E-state index in [-0.39, 0.29) is 17.9 Å². The van der Waals surface area contributed by atoms with Crippen molar-refractivity contribution in [3.8, 4) is 11.4 Å². The van der Waals surface area contributed by atoms with Gasteiger partial charge in [-0.1, -0.05) is 4.68 Å². The van der Waals surface area contributed by atoms with Crippen LogP contribution in [0.1, 0.15) is 10.4 Å². The highest BCUT2D eigenvalue weighted by Gasteiger charge is 2.14. The van der Waals surface area contributed by atoms with Crippen molar-refractivity contribution in [1.82, 2.24) is 15.1 Å². The first-order valence-electron chi connectivity index (χ1n) is 6.50. The standard InChI is InChI=1S/C13H15N4O5S/c1-21-13(18)11-7-14-12(15-8-11)10-3-4-17(16-9-10)5-6-23(19,20)22-2/h3-4,7-9H,5-6H2,1-2H3/q+1. The molecule has 0 fully saturated rings. The molecule has 122 valence electrons. The first kappa shape index (κ1) is 16.9. The summed E-state index contributed by atoms with van der Waals surface area (Å²) in [5.74, 6) is -0.299. The molecule has 2 heterocycles. The van der Waals surface area contributed by atoms with E-state index >= 15 is 0 Å². The van der Waals surface area contributed by atoms with Crippen molar-refractivity contribution in [3.05, 3.63) is 36.4 Å². The number of aromatic nitrogens is 4. The number of hydrogen-bond donors (Lipinski definition) is 0. The Kier molecular flexibility index (Phi) is 5.29. The molecule has 0 saturated heterocycles. The Bertz CT molecular complexity index is 775. The lowest BCUT2D eigenvalue weighted by atomic mass is 10.3. The highest BCUT2D eigenvalue weighted by Crippen LogP contribution is 2.11. The number of ether oxygens (including phenoxy) is 1. The Hall–Kier alpha value is -2.46. The van der Waals surface area contributed by atoms with Crippen molar-refractivity contribution in [3.63, 3.8) is 0 Å². The van der Waals surface area contributed by atoms with Gasteiger partial charge in [-0.3, -0.25) is 4.18 Å². The number of esters is 1. The number of carbonyl (C=O) groups is 1. The van der Waals surface area contributed by atoms with Gasteiger partial charge in [0.05, 0.1) is 19.8 Å². The summed E-state index contributed by atoms with van der Waals surface area (Å²) in [6.07, 6.45) is 5.84. The maximum atomic E-state index is 11.3. The molecule has 10 heteroatoms. The van der Waals surface area contributed by atoms with Gasteiger partial charge in [-0.05, 0) is 5.10 Å². The number of carbonyl (C=O) groups excluding carboxylic acids is 1. The van der Waals surface area contributed by atoms with Crippen LogP contribution in [0.3, 0.4) is 0 Å². The van der Waals surface area contributed by atoms with E-state index in [1.807, 2.05) is 0 Å². The molecule has 0 amide bonds. The van der Waals surface area contributed by atoms with Crippen LogP contribution in [0.25, 0.3) is 11.4 Å². The monoisotopic (exact) mass is 339 g/mol. The molecule has 0 bridgehead atoms. The third-order valence-corrected chi connectivity index (χ3v) is 4.12. The van der Waals surface area contributed by atoms with E-state index < -0.39 is 16.1 Å². The average Bonchev–Trinajstić information content (AvgIpc) is 2.60. The van der Waals surface area contributed by atoms with Crippen molar-refractivity contribution in [2.24, 2.45) is 0 Å². The number of nitrogens with zero attached hydrogens (tertiary/aromatic N) is 4. The van der Waals surface area contributed by atoms with E-state index in [4.69, 9.17) is 0 Å². The van der Waals surface area contributed by atoms with E-state index in [1.165, 1.54) is 30.4 Å². The third-order valence-electron chi connectivity index (χ3n) is 2.93. The van der Waals surface area contributed by atoms with Gasteiger partial charge in [-0.15, -0.1) is 0 Å². The fourth-order valence-corrected chi connectivity index (χ4v) is 2.22. The zero-order chi connectivity index (χ0) is 16.9. The minimum atomic E-state index is -3.52. The molecule has 0 saturated carbocycles. The van der Waals surface area contributed by atoms with Gasteiger partial charge in [-0.2, -0.15) is 8.42 Å². The predicted molar refractivity (Wildman–Crippen MR) is 77.6 cm³/mol. The summed E-state index contributed by atoms with van der Waals surface area (Å²) in [6.45, 7) is 0.165. The normalized spacial score (nSPS) is 11.2. The lowest BCUT2D eigenvalue weighted by Crippen LogP contribution is -2.40. The molecule has 0 aliphatic rings. The van der Waals surface area contributed by atoms with Crippen LogP contribution in [0.4, 0.5) is 0 Å². The van der Waals surface area contributed by atoms with Gasteiger partial charge in [0.15, 0.2) is 18.6 Å². The second-order valence-electron chi connectivity index (χ2n) is 4.39. The number of hydrogen-bond acceptors (Lipinski definition) is 8. The molecule has 0 aliphatic heterocycles.